The van der Waals surface area contributed by atoms with E-state index in [9.17, 15) is 8.42 Å². The number of tetrazole rings is 1. The zero-order valence-corrected chi connectivity index (χ0v) is 14.5. The Morgan fingerprint density at radius 2 is 1.96 bits per heavy atom. The molecule has 0 saturated carbocycles. The molecule has 4 rings (SSSR count). The van der Waals surface area contributed by atoms with Gasteiger partial charge in [-0.1, -0.05) is 18.2 Å². The van der Waals surface area contributed by atoms with Crippen molar-refractivity contribution >= 4 is 38.5 Å². The maximum atomic E-state index is 12.8. The van der Waals surface area contributed by atoms with Crippen LogP contribution in [0.15, 0.2) is 47.4 Å². The molecule has 0 spiro atoms. The minimum atomic E-state index is -3.81. The van der Waals surface area contributed by atoms with E-state index in [0.717, 1.165) is 11.7 Å². The van der Waals surface area contributed by atoms with Crippen LogP contribution in [0.3, 0.4) is 0 Å². The van der Waals surface area contributed by atoms with Gasteiger partial charge in [0.2, 0.25) is 0 Å². The van der Waals surface area contributed by atoms with Crippen molar-refractivity contribution in [3.63, 3.8) is 0 Å². The molecular weight excluding hydrogens is 362 g/mol. The summed E-state index contributed by atoms with van der Waals surface area (Å²) in [6.07, 6.45) is 0. The summed E-state index contributed by atoms with van der Waals surface area (Å²) in [5.41, 5.74) is 2.00. The lowest BCUT2D eigenvalue weighted by Gasteiger charge is -2.09. The normalized spacial score (nSPS) is 11.7. The number of nitrogens with one attached hydrogen (secondary N) is 1. The highest BCUT2D eigenvalue weighted by Crippen LogP contribution is 2.25. The molecule has 0 fully saturated rings. The summed E-state index contributed by atoms with van der Waals surface area (Å²) in [6.45, 7) is 0. The maximum Gasteiger partial charge on any atom is 0.264 e. The Hall–Kier alpha value is -2.92. The molecule has 0 aliphatic rings. The average molecular weight is 373 g/mol. The molecule has 0 saturated heterocycles. The van der Waals surface area contributed by atoms with Crippen LogP contribution in [0.1, 0.15) is 0 Å². The second kappa shape index (κ2) is 5.86. The summed E-state index contributed by atoms with van der Waals surface area (Å²) in [5, 5.41) is 11.3. The third-order valence-electron chi connectivity index (χ3n) is 3.53. The first-order valence-electron chi connectivity index (χ1n) is 7.11. The number of fused-ring (bicyclic) bond motifs is 1. The lowest BCUT2D eigenvalue weighted by atomic mass is 10.2. The van der Waals surface area contributed by atoms with Gasteiger partial charge in [-0.15, -0.1) is 5.10 Å². The summed E-state index contributed by atoms with van der Waals surface area (Å²) in [7, 11) is -2.10. The van der Waals surface area contributed by atoms with E-state index in [1.165, 1.54) is 10.7 Å². The van der Waals surface area contributed by atoms with Crippen LogP contribution in [0.25, 0.3) is 22.4 Å². The van der Waals surface area contributed by atoms with Gasteiger partial charge in [-0.25, -0.2) is 13.1 Å². The molecule has 11 heteroatoms. The first kappa shape index (κ1) is 15.6. The van der Waals surface area contributed by atoms with Crippen LogP contribution in [0.5, 0.6) is 0 Å². The topological polar surface area (TPSA) is 116 Å². The zero-order valence-electron chi connectivity index (χ0n) is 12.9. The van der Waals surface area contributed by atoms with Gasteiger partial charge in [-0.3, -0.25) is 4.72 Å². The van der Waals surface area contributed by atoms with Gasteiger partial charge in [0.1, 0.15) is 15.9 Å². The van der Waals surface area contributed by atoms with Gasteiger partial charge in [0.25, 0.3) is 10.0 Å². The quantitative estimate of drug-likeness (QED) is 0.578. The lowest BCUT2D eigenvalue weighted by molar-refractivity contribution is 0.602. The van der Waals surface area contributed by atoms with Crippen LogP contribution < -0.4 is 4.72 Å². The Balaban J connectivity index is 1.72. The predicted octanol–water partition coefficient (Wildman–Crippen LogP) is 1.68. The summed E-state index contributed by atoms with van der Waals surface area (Å²) >= 11 is 0.975. The summed E-state index contributed by atoms with van der Waals surface area (Å²) in [4.78, 5) is 0.0875. The van der Waals surface area contributed by atoms with Crippen LogP contribution in [0, 0.1) is 0 Å². The van der Waals surface area contributed by atoms with Crippen molar-refractivity contribution in [1.82, 2.24) is 29.0 Å². The number of anilines is 1. The molecule has 0 radical (unpaired) electrons. The Bertz CT molecular complexity index is 1170. The van der Waals surface area contributed by atoms with E-state index in [1.54, 1.807) is 43.4 Å². The number of sulfonamides is 1. The molecular formula is C14H11N7O2S2. The van der Waals surface area contributed by atoms with Crippen molar-refractivity contribution in [3.8, 4) is 11.4 Å². The highest BCUT2D eigenvalue weighted by Gasteiger charge is 2.20. The van der Waals surface area contributed by atoms with E-state index >= 15 is 0 Å². The standard InChI is InChI=1S/C14H11N7O2S2/c1-21-14(15-19-20-21)9-4-2-5-10(8-9)18-25(22,23)12-7-3-6-11-13(12)17-24-16-11/h2-8,18H,1H3. The van der Waals surface area contributed by atoms with Crippen molar-refractivity contribution in [2.75, 3.05) is 4.72 Å². The molecule has 2 heterocycles. The number of hydrogen-bond acceptors (Lipinski definition) is 8. The number of aryl methyl sites for hydroxylation is 1. The van der Waals surface area contributed by atoms with Gasteiger partial charge in [0.05, 0.1) is 11.7 Å². The fourth-order valence-corrected chi connectivity index (χ4v) is 4.22. The Morgan fingerprint density at radius 1 is 1.12 bits per heavy atom. The van der Waals surface area contributed by atoms with Crippen molar-refractivity contribution < 1.29 is 8.42 Å². The molecule has 25 heavy (non-hydrogen) atoms. The molecule has 126 valence electrons. The van der Waals surface area contributed by atoms with E-state index in [1.807, 2.05) is 0 Å². The van der Waals surface area contributed by atoms with Gasteiger partial charge in [-0.05, 0) is 34.7 Å². The molecule has 2 aromatic heterocycles. The second-order valence-electron chi connectivity index (χ2n) is 5.20. The number of aromatic nitrogens is 6. The van der Waals surface area contributed by atoms with E-state index < -0.39 is 10.0 Å². The van der Waals surface area contributed by atoms with Crippen molar-refractivity contribution in [2.45, 2.75) is 4.90 Å². The third kappa shape index (κ3) is 2.83. The Kier molecular flexibility index (Phi) is 3.66. The van der Waals surface area contributed by atoms with E-state index in [2.05, 4.69) is 29.0 Å². The average Bonchev–Trinajstić information content (AvgIpc) is 3.22. The van der Waals surface area contributed by atoms with Crippen LogP contribution in [0.2, 0.25) is 0 Å². The smallest absolute Gasteiger partial charge is 0.264 e. The molecule has 0 aliphatic heterocycles. The fraction of sp³-hybridized carbons (Fsp3) is 0.0714. The number of rotatable bonds is 4. The minimum absolute atomic E-state index is 0.0875. The fourth-order valence-electron chi connectivity index (χ4n) is 2.40. The Labute approximate surface area is 146 Å². The summed E-state index contributed by atoms with van der Waals surface area (Å²) < 4.78 is 37.7. The third-order valence-corrected chi connectivity index (χ3v) is 5.49. The van der Waals surface area contributed by atoms with Gasteiger partial charge < -0.3 is 0 Å². The molecule has 2 aromatic carbocycles. The summed E-state index contributed by atoms with van der Waals surface area (Å²) in [6, 6.07) is 11.7. The van der Waals surface area contributed by atoms with Gasteiger partial charge in [0, 0.05) is 18.3 Å². The maximum absolute atomic E-state index is 12.8. The molecule has 1 N–H and O–H groups in total. The van der Waals surface area contributed by atoms with Crippen LogP contribution in [0.4, 0.5) is 5.69 Å². The first-order valence-corrected chi connectivity index (χ1v) is 9.33. The van der Waals surface area contributed by atoms with Crippen LogP contribution >= 0.6 is 11.7 Å². The van der Waals surface area contributed by atoms with Gasteiger partial charge >= 0.3 is 0 Å². The van der Waals surface area contributed by atoms with Crippen molar-refractivity contribution in [2.24, 2.45) is 7.05 Å². The molecule has 9 nitrogen and oxygen atoms in total. The molecule has 0 bridgehead atoms. The number of benzene rings is 2. The minimum Gasteiger partial charge on any atom is -0.280 e. The largest absolute Gasteiger partial charge is 0.280 e. The number of hydrogen-bond donors (Lipinski definition) is 1. The summed E-state index contributed by atoms with van der Waals surface area (Å²) in [5.74, 6) is 0.534. The first-order chi connectivity index (χ1) is 12.0. The molecule has 0 atom stereocenters. The van der Waals surface area contributed by atoms with Gasteiger partial charge in [-0.2, -0.15) is 8.75 Å². The molecule has 0 aliphatic carbocycles. The van der Waals surface area contributed by atoms with E-state index in [-0.39, 0.29) is 4.90 Å². The molecule has 4 aromatic rings. The van der Waals surface area contributed by atoms with Crippen LogP contribution in [-0.2, 0) is 17.1 Å². The van der Waals surface area contributed by atoms with Crippen LogP contribution in [-0.4, -0.2) is 37.4 Å². The molecule has 0 amide bonds. The number of nitrogens with zero attached hydrogens (tertiary/aromatic N) is 6. The predicted molar refractivity (Wildman–Crippen MR) is 92.5 cm³/mol. The van der Waals surface area contributed by atoms with E-state index in [0.29, 0.717) is 28.1 Å². The van der Waals surface area contributed by atoms with Crippen molar-refractivity contribution in [3.05, 3.63) is 42.5 Å². The highest BCUT2D eigenvalue weighted by molar-refractivity contribution is 7.93. The van der Waals surface area contributed by atoms with Gasteiger partial charge in [0.15, 0.2) is 5.82 Å². The van der Waals surface area contributed by atoms with Crippen molar-refractivity contribution in [1.29, 1.82) is 0 Å². The monoisotopic (exact) mass is 373 g/mol. The van der Waals surface area contributed by atoms with E-state index in [4.69, 9.17) is 0 Å². The second-order valence-corrected chi connectivity index (χ2v) is 7.38. The zero-order chi connectivity index (χ0) is 17.4. The SMILES string of the molecule is Cn1nnnc1-c1cccc(NS(=O)(=O)c2cccc3nsnc23)c1. The molecule has 0 unspecified atom stereocenters. The highest BCUT2D eigenvalue weighted by atomic mass is 32.2. The Morgan fingerprint density at radius 3 is 2.76 bits per heavy atom. The lowest BCUT2D eigenvalue weighted by Crippen LogP contribution is -2.13.